The minimum Gasteiger partial charge on any atom is -0.393 e. The number of aliphatic hydroxyl groups is 1. The number of rotatable bonds is 5. The molecule has 3 rings (SSSR count). The average Bonchev–Trinajstić information content (AvgIpc) is 3.04. The lowest BCUT2D eigenvalue weighted by molar-refractivity contribution is 0.122. The number of aryl methyl sites for hydroxylation is 2. The van der Waals surface area contributed by atoms with E-state index in [-0.39, 0.29) is 6.10 Å². The highest BCUT2D eigenvalue weighted by atomic mass is 16.3. The fourth-order valence-corrected chi connectivity index (χ4v) is 4.38. The van der Waals surface area contributed by atoms with Gasteiger partial charge < -0.3 is 5.11 Å². The van der Waals surface area contributed by atoms with Crippen molar-refractivity contribution in [2.45, 2.75) is 65.0 Å². The van der Waals surface area contributed by atoms with Gasteiger partial charge in [0.15, 0.2) is 0 Å². The van der Waals surface area contributed by atoms with Gasteiger partial charge in [0.05, 0.1) is 11.8 Å². The summed E-state index contributed by atoms with van der Waals surface area (Å²) in [6.07, 6.45) is 7.23. The molecule has 3 heteroatoms. The minimum absolute atomic E-state index is 0.189. The summed E-state index contributed by atoms with van der Waals surface area (Å²) in [4.78, 5) is 0. The van der Waals surface area contributed by atoms with Gasteiger partial charge in [0, 0.05) is 18.7 Å². The number of fused-ring (bicyclic) bond motifs is 2. The molecule has 0 saturated heterocycles. The van der Waals surface area contributed by atoms with Crippen LogP contribution in [0.5, 0.6) is 0 Å². The SMILES string of the molecule is CCn1nc(C)cc1CC(O)CC1CC2CCC1C2. The van der Waals surface area contributed by atoms with Crippen molar-refractivity contribution >= 4 is 0 Å². The molecule has 2 aliphatic rings. The van der Waals surface area contributed by atoms with Crippen LogP contribution in [0.3, 0.4) is 0 Å². The Balaban J connectivity index is 1.57. The second-order valence-corrected chi connectivity index (χ2v) is 6.62. The van der Waals surface area contributed by atoms with Crippen LogP contribution in [-0.2, 0) is 13.0 Å². The first-order valence-corrected chi connectivity index (χ1v) is 7.87. The van der Waals surface area contributed by atoms with Crippen molar-refractivity contribution in [2.75, 3.05) is 0 Å². The third-order valence-electron chi connectivity index (χ3n) is 5.19. The summed E-state index contributed by atoms with van der Waals surface area (Å²) >= 11 is 0. The molecule has 1 N–H and O–H groups in total. The molecule has 0 spiro atoms. The van der Waals surface area contributed by atoms with Gasteiger partial charge in [-0.3, -0.25) is 4.68 Å². The highest BCUT2D eigenvalue weighted by Gasteiger charge is 2.39. The molecule has 0 radical (unpaired) electrons. The van der Waals surface area contributed by atoms with Gasteiger partial charge in [0.25, 0.3) is 0 Å². The van der Waals surface area contributed by atoms with Gasteiger partial charge in [0.1, 0.15) is 0 Å². The number of aliphatic hydroxyl groups excluding tert-OH is 1. The van der Waals surface area contributed by atoms with Gasteiger partial charge >= 0.3 is 0 Å². The Morgan fingerprint density at radius 1 is 1.42 bits per heavy atom. The summed E-state index contributed by atoms with van der Waals surface area (Å²) in [5.41, 5.74) is 2.25. The van der Waals surface area contributed by atoms with Crippen LogP contribution in [-0.4, -0.2) is 21.0 Å². The molecule has 1 aromatic heterocycles. The highest BCUT2D eigenvalue weighted by Crippen LogP contribution is 2.49. The average molecular weight is 262 g/mol. The summed E-state index contributed by atoms with van der Waals surface area (Å²) in [6, 6.07) is 2.12. The first-order valence-electron chi connectivity index (χ1n) is 7.87. The first kappa shape index (κ1) is 13.2. The van der Waals surface area contributed by atoms with E-state index < -0.39 is 0 Å². The molecule has 2 bridgehead atoms. The Kier molecular flexibility index (Phi) is 3.66. The van der Waals surface area contributed by atoms with E-state index in [0.717, 1.165) is 42.8 Å². The normalized spacial score (nSPS) is 31.0. The van der Waals surface area contributed by atoms with E-state index in [9.17, 15) is 5.11 Å². The topological polar surface area (TPSA) is 38.0 Å². The van der Waals surface area contributed by atoms with Gasteiger partial charge in [0.2, 0.25) is 0 Å². The number of aromatic nitrogens is 2. The third kappa shape index (κ3) is 2.71. The molecule has 106 valence electrons. The molecule has 2 aliphatic carbocycles. The molecule has 4 unspecified atom stereocenters. The number of hydrogen-bond acceptors (Lipinski definition) is 2. The molecule has 19 heavy (non-hydrogen) atoms. The second-order valence-electron chi connectivity index (χ2n) is 6.62. The van der Waals surface area contributed by atoms with E-state index in [1.54, 1.807) is 0 Å². The Hall–Kier alpha value is -0.830. The van der Waals surface area contributed by atoms with Gasteiger partial charge in [-0.2, -0.15) is 5.10 Å². The molecule has 0 aromatic carbocycles. The van der Waals surface area contributed by atoms with Crippen LogP contribution < -0.4 is 0 Å². The molecule has 2 saturated carbocycles. The number of nitrogens with zero attached hydrogens (tertiary/aromatic N) is 2. The fraction of sp³-hybridized carbons (Fsp3) is 0.812. The predicted molar refractivity (Wildman–Crippen MR) is 75.9 cm³/mol. The summed E-state index contributed by atoms with van der Waals surface area (Å²) in [6.45, 7) is 5.03. The fourth-order valence-electron chi connectivity index (χ4n) is 4.38. The second kappa shape index (κ2) is 5.28. The zero-order valence-electron chi connectivity index (χ0n) is 12.2. The summed E-state index contributed by atoms with van der Waals surface area (Å²) in [5.74, 6) is 2.68. The molecule has 1 aromatic rings. The van der Waals surface area contributed by atoms with Gasteiger partial charge in [-0.05, 0) is 63.4 Å². The zero-order valence-corrected chi connectivity index (χ0v) is 12.2. The summed E-state index contributed by atoms with van der Waals surface area (Å²) in [5, 5.41) is 14.8. The van der Waals surface area contributed by atoms with Crippen LogP contribution in [0.15, 0.2) is 6.07 Å². The Morgan fingerprint density at radius 3 is 2.89 bits per heavy atom. The van der Waals surface area contributed by atoms with Crippen LogP contribution in [0.4, 0.5) is 0 Å². The monoisotopic (exact) mass is 262 g/mol. The van der Waals surface area contributed by atoms with Crippen LogP contribution in [0.1, 0.15) is 50.4 Å². The highest BCUT2D eigenvalue weighted by molar-refractivity contribution is 5.10. The molecule has 3 nitrogen and oxygen atoms in total. The summed E-state index contributed by atoms with van der Waals surface area (Å²) < 4.78 is 2.03. The maximum atomic E-state index is 10.4. The molecule has 1 heterocycles. The predicted octanol–water partition coefficient (Wildman–Crippen LogP) is 2.94. The molecule has 0 amide bonds. The Morgan fingerprint density at radius 2 is 2.26 bits per heavy atom. The lowest BCUT2D eigenvalue weighted by Crippen LogP contribution is -2.21. The van der Waals surface area contributed by atoms with Gasteiger partial charge in [-0.1, -0.05) is 6.42 Å². The molecule has 0 aliphatic heterocycles. The maximum Gasteiger partial charge on any atom is 0.0598 e. The van der Waals surface area contributed by atoms with Crippen molar-refractivity contribution in [1.29, 1.82) is 0 Å². The van der Waals surface area contributed by atoms with Gasteiger partial charge in [-0.15, -0.1) is 0 Å². The summed E-state index contributed by atoms with van der Waals surface area (Å²) in [7, 11) is 0. The Labute approximate surface area is 116 Å². The van der Waals surface area contributed by atoms with E-state index >= 15 is 0 Å². The zero-order chi connectivity index (χ0) is 13.4. The van der Waals surface area contributed by atoms with Crippen molar-refractivity contribution < 1.29 is 5.11 Å². The largest absolute Gasteiger partial charge is 0.393 e. The molecular weight excluding hydrogens is 236 g/mol. The van der Waals surface area contributed by atoms with E-state index in [4.69, 9.17) is 0 Å². The van der Waals surface area contributed by atoms with Crippen LogP contribution in [0.25, 0.3) is 0 Å². The van der Waals surface area contributed by atoms with Crippen molar-refractivity contribution in [1.82, 2.24) is 9.78 Å². The first-order chi connectivity index (χ1) is 9.15. The van der Waals surface area contributed by atoms with Gasteiger partial charge in [-0.25, -0.2) is 0 Å². The lowest BCUT2D eigenvalue weighted by atomic mass is 9.84. The smallest absolute Gasteiger partial charge is 0.0598 e. The van der Waals surface area contributed by atoms with E-state index in [1.165, 1.54) is 31.4 Å². The van der Waals surface area contributed by atoms with E-state index in [1.807, 2.05) is 11.6 Å². The van der Waals surface area contributed by atoms with Crippen LogP contribution >= 0.6 is 0 Å². The van der Waals surface area contributed by atoms with E-state index in [2.05, 4.69) is 18.1 Å². The van der Waals surface area contributed by atoms with Crippen molar-refractivity contribution in [3.05, 3.63) is 17.5 Å². The third-order valence-corrected chi connectivity index (χ3v) is 5.19. The van der Waals surface area contributed by atoms with Crippen LogP contribution in [0, 0.1) is 24.7 Å². The quantitative estimate of drug-likeness (QED) is 0.886. The molecule has 2 fully saturated rings. The van der Waals surface area contributed by atoms with E-state index in [0.29, 0.717) is 0 Å². The minimum atomic E-state index is -0.189. The molecular formula is C16H26N2O. The van der Waals surface area contributed by atoms with Crippen molar-refractivity contribution in [2.24, 2.45) is 17.8 Å². The number of hydrogen-bond donors (Lipinski definition) is 1. The van der Waals surface area contributed by atoms with Crippen LogP contribution in [0.2, 0.25) is 0 Å². The van der Waals surface area contributed by atoms with Crippen molar-refractivity contribution in [3.8, 4) is 0 Å². The maximum absolute atomic E-state index is 10.4. The Bertz CT molecular complexity index is 440. The van der Waals surface area contributed by atoms with Crippen molar-refractivity contribution in [3.63, 3.8) is 0 Å². The molecule has 4 atom stereocenters. The lowest BCUT2D eigenvalue weighted by Gasteiger charge is -2.24. The standard InChI is InChI=1S/C16H26N2O/c1-3-18-15(6-11(2)17-18)10-16(19)9-14-8-12-4-5-13(14)7-12/h6,12-14,16,19H,3-5,7-10H2,1-2H3.